The average Bonchev–Trinajstić information content (AvgIpc) is 2.66. The zero-order valence-electron chi connectivity index (χ0n) is 15.3. The summed E-state index contributed by atoms with van der Waals surface area (Å²) in [5.74, 6) is -0.139. The average molecular weight is 374 g/mol. The van der Waals surface area contributed by atoms with Crippen molar-refractivity contribution in [2.24, 2.45) is 5.10 Å². The van der Waals surface area contributed by atoms with Gasteiger partial charge in [-0.05, 0) is 31.0 Å². The summed E-state index contributed by atoms with van der Waals surface area (Å²) in [4.78, 5) is 29.9. The van der Waals surface area contributed by atoms with E-state index >= 15 is 0 Å². The highest BCUT2D eigenvalue weighted by molar-refractivity contribution is 5.97. The normalized spacial score (nSPS) is 11.5. The van der Waals surface area contributed by atoms with Crippen molar-refractivity contribution in [3.8, 4) is 5.75 Å². The zero-order valence-corrected chi connectivity index (χ0v) is 15.3. The van der Waals surface area contributed by atoms with E-state index in [1.807, 2.05) is 38.1 Å². The Morgan fingerprint density at radius 2 is 1.61 bits per heavy atom. The van der Waals surface area contributed by atoms with Gasteiger partial charge in [0.05, 0.1) is 22.9 Å². The molecule has 0 atom stereocenters. The third kappa shape index (κ3) is 2.92. The van der Waals surface area contributed by atoms with Crippen LogP contribution in [-0.2, 0) is 0 Å². The van der Waals surface area contributed by atoms with Crippen LogP contribution in [0.4, 0.5) is 5.69 Å². The number of aryl methyl sites for hydroxylation is 2. The Morgan fingerprint density at radius 3 is 2.32 bits per heavy atom. The van der Waals surface area contributed by atoms with E-state index in [9.17, 15) is 14.7 Å². The highest BCUT2D eigenvalue weighted by Crippen LogP contribution is 2.26. The minimum Gasteiger partial charge on any atom is -0.506 e. The summed E-state index contributed by atoms with van der Waals surface area (Å²) < 4.78 is 0. The number of aromatic amines is 2. The maximum Gasteiger partial charge on any atom is 0.261 e. The van der Waals surface area contributed by atoms with E-state index in [0.29, 0.717) is 16.6 Å². The van der Waals surface area contributed by atoms with Crippen molar-refractivity contribution in [1.29, 1.82) is 0 Å². The fourth-order valence-electron chi connectivity index (χ4n) is 3.27. The summed E-state index contributed by atoms with van der Waals surface area (Å²) in [6.45, 7) is 3.76. The maximum absolute atomic E-state index is 12.4. The molecule has 7 heteroatoms. The molecule has 140 valence electrons. The number of para-hydroxylation sites is 2. The monoisotopic (exact) mass is 374 g/mol. The van der Waals surface area contributed by atoms with Gasteiger partial charge in [0.2, 0.25) is 0 Å². The van der Waals surface area contributed by atoms with Crippen LogP contribution in [0.5, 0.6) is 5.75 Å². The molecule has 2 aromatic heterocycles. The van der Waals surface area contributed by atoms with Crippen LogP contribution in [0.2, 0.25) is 0 Å². The number of H-pyrrole nitrogens is 2. The van der Waals surface area contributed by atoms with Gasteiger partial charge in [0.25, 0.3) is 11.1 Å². The van der Waals surface area contributed by atoms with E-state index in [1.165, 1.54) is 12.3 Å². The van der Waals surface area contributed by atoms with Gasteiger partial charge in [-0.3, -0.25) is 15.0 Å². The van der Waals surface area contributed by atoms with Crippen molar-refractivity contribution in [3.63, 3.8) is 0 Å². The Morgan fingerprint density at radius 1 is 0.964 bits per heavy atom. The van der Waals surface area contributed by atoms with E-state index in [2.05, 4.69) is 20.5 Å². The lowest BCUT2D eigenvalue weighted by atomic mass is 10.1. The van der Waals surface area contributed by atoms with Gasteiger partial charge in [-0.25, -0.2) is 0 Å². The molecule has 0 spiro atoms. The van der Waals surface area contributed by atoms with Crippen molar-refractivity contribution in [2.45, 2.75) is 13.8 Å². The van der Waals surface area contributed by atoms with Crippen molar-refractivity contribution in [1.82, 2.24) is 9.97 Å². The van der Waals surface area contributed by atoms with Crippen molar-refractivity contribution >= 4 is 33.7 Å². The van der Waals surface area contributed by atoms with Gasteiger partial charge in [0, 0.05) is 16.8 Å². The smallest absolute Gasteiger partial charge is 0.261 e. The fourth-order valence-corrected chi connectivity index (χ4v) is 3.27. The Hall–Kier alpha value is -3.87. The molecular weight excluding hydrogens is 356 g/mol. The van der Waals surface area contributed by atoms with Crippen LogP contribution in [0.15, 0.2) is 57.2 Å². The molecule has 28 heavy (non-hydrogen) atoms. The molecule has 7 nitrogen and oxygen atoms in total. The number of aromatic hydroxyl groups is 1. The van der Waals surface area contributed by atoms with E-state index in [1.54, 1.807) is 12.1 Å². The minimum atomic E-state index is -0.448. The van der Waals surface area contributed by atoms with Crippen LogP contribution in [0, 0.1) is 13.8 Å². The SMILES string of the molecule is Cc1cccc2c(N/N=C/c3c(O)c4cccc(C)c4[nH]c3=O)cc(=O)[nH]c12. The molecule has 0 aliphatic heterocycles. The molecule has 0 saturated carbocycles. The van der Waals surface area contributed by atoms with Gasteiger partial charge < -0.3 is 15.1 Å². The Bertz CT molecular complexity index is 1370. The third-order valence-electron chi connectivity index (χ3n) is 4.73. The summed E-state index contributed by atoms with van der Waals surface area (Å²) in [5, 5.41) is 15.9. The van der Waals surface area contributed by atoms with Crippen LogP contribution in [-0.4, -0.2) is 21.3 Å². The van der Waals surface area contributed by atoms with E-state index in [4.69, 9.17) is 0 Å². The molecule has 2 heterocycles. The first-order valence-electron chi connectivity index (χ1n) is 8.72. The molecule has 0 aliphatic rings. The summed E-state index contributed by atoms with van der Waals surface area (Å²) in [6.07, 6.45) is 1.25. The van der Waals surface area contributed by atoms with Gasteiger partial charge in [0.1, 0.15) is 11.3 Å². The molecule has 4 N–H and O–H groups in total. The number of pyridine rings is 2. The van der Waals surface area contributed by atoms with E-state index < -0.39 is 5.56 Å². The summed E-state index contributed by atoms with van der Waals surface area (Å²) in [7, 11) is 0. The molecule has 4 rings (SSSR count). The summed E-state index contributed by atoms with van der Waals surface area (Å²) in [6, 6.07) is 12.4. The van der Waals surface area contributed by atoms with Crippen LogP contribution >= 0.6 is 0 Å². The zero-order chi connectivity index (χ0) is 19.8. The Balaban J connectivity index is 1.76. The molecule has 0 aliphatic carbocycles. The largest absolute Gasteiger partial charge is 0.506 e. The predicted molar refractivity (Wildman–Crippen MR) is 111 cm³/mol. The molecule has 0 amide bonds. The minimum absolute atomic E-state index is 0.0379. The van der Waals surface area contributed by atoms with Crippen LogP contribution in [0.3, 0.4) is 0 Å². The van der Waals surface area contributed by atoms with Gasteiger partial charge in [-0.2, -0.15) is 5.10 Å². The number of benzene rings is 2. The second-order valence-corrected chi connectivity index (χ2v) is 6.63. The van der Waals surface area contributed by atoms with Crippen LogP contribution in [0.1, 0.15) is 16.7 Å². The highest BCUT2D eigenvalue weighted by atomic mass is 16.3. The number of hydrogen-bond acceptors (Lipinski definition) is 5. The topological polar surface area (TPSA) is 110 Å². The number of anilines is 1. The van der Waals surface area contributed by atoms with Gasteiger partial charge in [-0.15, -0.1) is 0 Å². The number of fused-ring (bicyclic) bond motifs is 2. The standard InChI is InChI=1S/C21H18N4O3/c1-11-5-3-7-13-16(9-17(26)23-18(11)13)25-22-10-15-20(27)14-8-4-6-12(2)19(14)24-21(15)28/h3-10H,1-2H3,(H2,23,25,26)(H2,24,27,28)/b22-10+. The molecule has 0 saturated heterocycles. The quantitative estimate of drug-likeness (QED) is 0.326. The van der Waals surface area contributed by atoms with Gasteiger partial charge in [0.15, 0.2) is 0 Å². The van der Waals surface area contributed by atoms with Crippen molar-refractivity contribution in [3.05, 3.63) is 79.9 Å². The highest BCUT2D eigenvalue weighted by Gasteiger charge is 2.11. The molecule has 0 bridgehead atoms. The molecule has 0 unspecified atom stereocenters. The lowest BCUT2D eigenvalue weighted by molar-refractivity contribution is 0.479. The number of hydrazone groups is 1. The number of hydrogen-bond donors (Lipinski definition) is 4. The summed E-state index contributed by atoms with van der Waals surface area (Å²) >= 11 is 0. The second-order valence-electron chi connectivity index (χ2n) is 6.63. The van der Waals surface area contributed by atoms with Crippen LogP contribution < -0.4 is 16.5 Å². The summed E-state index contributed by atoms with van der Waals surface area (Å²) in [5.41, 5.74) is 5.73. The van der Waals surface area contributed by atoms with Crippen LogP contribution in [0.25, 0.3) is 21.8 Å². The third-order valence-corrected chi connectivity index (χ3v) is 4.73. The second kappa shape index (κ2) is 6.70. The van der Waals surface area contributed by atoms with Gasteiger partial charge in [-0.1, -0.05) is 30.3 Å². The first-order valence-corrected chi connectivity index (χ1v) is 8.72. The first-order chi connectivity index (χ1) is 13.5. The lowest BCUT2D eigenvalue weighted by Crippen LogP contribution is -2.13. The Labute approximate surface area is 159 Å². The molecular formula is C21H18N4O3. The maximum atomic E-state index is 12.4. The molecule has 4 aromatic rings. The number of nitrogens with one attached hydrogen (secondary N) is 3. The van der Waals surface area contributed by atoms with E-state index in [-0.39, 0.29) is 16.9 Å². The molecule has 0 radical (unpaired) electrons. The predicted octanol–water partition coefficient (Wildman–Crippen LogP) is 3.14. The Kier molecular flexibility index (Phi) is 4.19. The number of nitrogens with zero attached hydrogens (tertiary/aromatic N) is 1. The lowest BCUT2D eigenvalue weighted by Gasteiger charge is -2.08. The van der Waals surface area contributed by atoms with Crippen molar-refractivity contribution in [2.75, 3.05) is 5.43 Å². The molecule has 0 fully saturated rings. The number of rotatable bonds is 3. The molecule has 2 aromatic carbocycles. The fraction of sp³-hybridized carbons (Fsp3) is 0.0952. The number of aromatic nitrogens is 2. The van der Waals surface area contributed by atoms with Gasteiger partial charge >= 0.3 is 0 Å². The first kappa shape index (κ1) is 17.5. The van der Waals surface area contributed by atoms with E-state index in [0.717, 1.165) is 22.0 Å². The van der Waals surface area contributed by atoms with Crippen molar-refractivity contribution < 1.29 is 5.11 Å².